The van der Waals surface area contributed by atoms with Crippen molar-refractivity contribution < 1.29 is 4.74 Å². The zero-order valence-corrected chi connectivity index (χ0v) is 12.2. The fourth-order valence-corrected chi connectivity index (χ4v) is 2.25. The number of nitrogens with zero attached hydrogens (tertiary/aromatic N) is 2. The smallest absolute Gasteiger partial charge is 0.237 e. The predicted octanol–water partition coefficient (Wildman–Crippen LogP) is 5.21. The fraction of sp³-hybridized carbons (Fsp3) is 0. The van der Waals surface area contributed by atoms with Gasteiger partial charge in [-0.1, -0.05) is 47.5 Å². The molecule has 0 unspecified atom stereocenters. The van der Waals surface area contributed by atoms with Crippen molar-refractivity contribution in [2.45, 2.75) is 0 Å². The number of hydrogen-bond donors (Lipinski definition) is 0. The molecule has 0 atom stereocenters. The van der Waals surface area contributed by atoms with E-state index >= 15 is 0 Å². The van der Waals surface area contributed by atoms with E-state index in [4.69, 9.17) is 27.9 Å². The summed E-state index contributed by atoms with van der Waals surface area (Å²) in [5.41, 5.74) is 1.08. The van der Waals surface area contributed by atoms with E-state index in [0.717, 1.165) is 10.9 Å². The molecule has 21 heavy (non-hydrogen) atoms. The third-order valence-electron chi connectivity index (χ3n) is 2.93. The summed E-state index contributed by atoms with van der Waals surface area (Å²) in [6.45, 7) is 0. The molecule has 0 bridgehead atoms. The Morgan fingerprint density at radius 1 is 1.05 bits per heavy atom. The van der Waals surface area contributed by atoms with Gasteiger partial charge in [0.2, 0.25) is 5.88 Å². The number of halogens is 2. The van der Waals surface area contributed by atoms with Gasteiger partial charge in [-0.05, 0) is 24.3 Å². The molecule has 0 aliphatic carbocycles. The summed E-state index contributed by atoms with van der Waals surface area (Å²) in [5.74, 6) is 0.573. The third-order valence-corrected chi connectivity index (χ3v) is 3.73. The summed E-state index contributed by atoms with van der Waals surface area (Å²) in [5, 5.41) is 10.8. The number of aromatic nitrogens is 1. The molecule has 0 N–H and O–H groups in total. The van der Waals surface area contributed by atoms with Gasteiger partial charge in [-0.3, -0.25) is 0 Å². The number of rotatable bonds is 2. The Morgan fingerprint density at radius 3 is 2.67 bits per heavy atom. The SMILES string of the molecule is N#Cc1cc2ccccc2nc1Oc1cccc(Cl)c1Cl. The van der Waals surface area contributed by atoms with Crippen LogP contribution in [0.3, 0.4) is 0 Å². The molecule has 3 rings (SSSR count). The van der Waals surface area contributed by atoms with E-state index in [0.29, 0.717) is 16.3 Å². The minimum absolute atomic E-state index is 0.209. The highest BCUT2D eigenvalue weighted by molar-refractivity contribution is 6.42. The molecule has 0 aliphatic heterocycles. The maximum Gasteiger partial charge on any atom is 0.237 e. The van der Waals surface area contributed by atoms with Crippen molar-refractivity contribution in [1.82, 2.24) is 4.98 Å². The first kappa shape index (κ1) is 13.7. The van der Waals surface area contributed by atoms with E-state index in [1.165, 1.54) is 0 Å². The second-order valence-corrected chi connectivity index (χ2v) is 5.08. The highest BCUT2D eigenvalue weighted by Crippen LogP contribution is 2.35. The molecule has 102 valence electrons. The zero-order valence-electron chi connectivity index (χ0n) is 10.7. The molecule has 0 saturated carbocycles. The van der Waals surface area contributed by atoms with Gasteiger partial charge in [0.05, 0.1) is 10.5 Å². The summed E-state index contributed by atoms with van der Waals surface area (Å²) in [6, 6.07) is 16.4. The molecular weight excluding hydrogens is 307 g/mol. The van der Waals surface area contributed by atoms with Crippen LogP contribution in [-0.4, -0.2) is 4.98 Å². The van der Waals surface area contributed by atoms with E-state index in [-0.39, 0.29) is 10.9 Å². The highest BCUT2D eigenvalue weighted by atomic mass is 35.5. The molecule has 0 saturated heterocycles. The van der Waals surface area contributed by atoms with Gasteiger partial charge in [0, 0.05) is 5.39 Å². The van der Waals surface area contributed by atoms with Crippen LogP contribution in [0.25, 0.3) is 10.9 Å². The number of benzene rings is 2. The minimum Gasteiger partial charge on any atom is -0.436 e. The molecule has 1 heterocycles. The van der Waals surface area contributed by atoms with Crippen LogP contribution in [0.2, 0.25) is 10.0 Å². The van der Waals surface area contributed by atoms with Crippen molar-refractivity contribution in [1.29, 1.82) is 5.26 Å². The number of fused-ring (bicyclic) bond motifs is 1. The Balaban J connectivity index is 2.11. The summed E-state index contributed by atoms with van der Waals surface area (Å²) in [6.07, 6.45) is 0. The molecule has 1 aromatic heterocycles. The van der Waals surface area contributed by atoms with Crippen LogP contribution in [0, 0.1) is 11.3 Å². The molecule has 0 spiro atoms. The van der Waals surface area contributed by atoms with Crippen LogP contribution >= 0.6 is 23.2 Å². The van der Waals surface area contributed by atoms with Crippen molar-refractivity contribution in [3.8, 4) is 17.7 Å². The van der Waals surface area contributed by atoms with Crippen LogP contribution in [0.1, 0.15) is 5.56 Å². The zero-order chi connectivity index (χ0) is 14.8. The first-order chi connectivity index (χ1) is 10.2. The van der Waals surface area contributed by atoms with E-state index in [2.05, 4.69) is 11.1 Å². The standard InChI is InChI=1S/C16H8Cl2N2O/c17-12-5-3-7-14(15(12)18)21-16-11(9-19)8-10-4-1-2-6-13(10)20-16/h1-8H. The molecule has 0 fully saturated rings. The second kappa shape index (κ2) is 5.61. The van der Waals surface area contributed by atoms with Gasteiger partial charge in [-0.25, -0.2) is 4.98 Å². The van der Waals surface area contributed by atoms with Crippen LogP contribution < -0.4 is 4.74 Å². The predicted molar refractivity (Wildman–Crippen MR) is 83.0 cm³/mol. The lowest BCUT2D eigenvalue weighted by atomic mass is 10.1. The minimum atomic E-state index is 0.209. The average Bonchev–Trinajstić information content (AvgIpc) is 2.51. The molecule has 0 amide bonds. The number of hydrogen-bond acceptors (Lipinski definition) is 3. The van der Waals surface area contributed by atoms with Gasteiger partial charge in [0.15, 0.2) is 0 Å². The van der Waals surface area contributed by atoms with Gasteiger partial charge in [0.1, 0.15) is 22.4 Å². The Labute approximate surface area is 131 Å². The molecule has 3 nitrogen and oxygen atoms in total. The van der Waals surface area contributed by atoms with Crippen molar-refractivity contribution in [3.05, 3.63) is 64.1 Å². The Kier molecular flexibility index (Phi) is 3.66. The molecule has 0 radical (unpaired) electrons. The van der Waals surface area contributed by atoms with E-state index in [1.807, 2.05) is 24.3 Å². The molecule has 0 aliphatic rings. The maximum absolute atomic E-state index is 9.25. The topological polar surface area (TPSA) is 45.9 Å². The monoisotopic (exact) mass is 314 g/mol. The fourth-order valence-electron chi connectivity index (χ4n) is 1.92. The van der Waals surface area contributed by atoms with Crippen LogP contribution in [0.4, 0.5) is 0 Å². The summed E-state index contributed by atoms with van der Waals surface area (Å²) >= 11 is 12.0. The average molecular weight is 315 g/mol. The van der Waals surface area contributed by atoms with Gasteiger partial charge in [-0.2, -0.15) is 5.26 Å². The van der Waals surface area contributed by atoms with Gasteiger partial charge in [0.25, 0.3) is 0 Å². The molecular formula is C16H8Cl2N2O. The van der Waals surface area contributed by atoms with Crippen LogP contribution in [0.5, 0.6) is 11.6 Å². The van der Waals surface area contributed by atoms with Crippen molar-refractivity contribution in [2.24, 2.45) is 0 Å². The second-order valence-electron chi connectivity index (χ2n) is 4.30. The molecule has 5 heteroatoms. The first-order valence-electron chi connectivity index (χ1n) is 6.11. The lowest BCUT2D eigenvalue weighted by Crippen LogP contribution is -1.94. The quantitative estimate of drug-likeness (QED) is 0.652. The third kappa shape index (κ3) is 2.64. The number of ether oxygens (including phenoxy) is 1. The maximum atomic E-state index is 9.25. The first-order valence-corrected chi connectivity index (χ1v) is 6.86. The number of pyridine rings is 1. The van der Waals surface area contributed by atoms with Crippen LogP contribution in [-0.2, 0) is 0 Å². The number of para-hydroxylation sites is 1. The summed E-state index contributed by atoms with van der Waals surface area (Å²) in [7, 11) is 0. The van der Waals surface area contributed by atoms with Crippen LogP contribution in [0.15, 0.2) is 48.5 Å². The highest BCUT2D eigenvalue weighted by Gasteiger charge is 2.12. The lowest BCUT2D eigenvalue weighted by molar-refractivity contribution is 0.463. The molecule has 2 aromatic carbocycles. The summed E-state index contributed by atoms with van der Waals surface area (Å²) in [4.78, 5) is 4.37. The van der Waals surface area contributed by atoms with Crippen molar-refractivity contribution in [2.75, 3.05) is 0 Å². The van der Waals surface area contributed by atoms with Crippen molar-refractivity contribution in [3.63, 3.8) is 0 Å². The van der Waals surface area contributed by atoms with Gasteiger partial charge >= 0.3 is 0 Å². The Morgan fingerprint density at radius 2 is 1.86 bits per heavy atom. The van der Waals surface area contributed by atoms with Gasteiger partial charge < -0.3 is 4.74 Å². The van der Waals surface area contributed by atoms with E-state index in [9.17, 15) is 5.26 Å². The Hall–Kier alpha value is -2.28. The van der Waals surface area contributed by atoms with E-state index in [1.54, 1.807) is 24.3 Å². The largest absolute Gasteiger partial charge is 0.436 e. The van der Waals surface area contributed by atoms with E-state index < -0.39 is 0 Å². The summed E-state index contributed by atoms with van der Waals surface area (Å²) < 4.78 is 5.67. The lowest BCUT2D eigenvalue weighted by Gasteiger charge is -2.09. The Bertz CT molecular complexity index is 872. The normalized spacial score (nSPS) is 10.3. The molecule has 3 aromatic rings. The number of nitriles is 1. The van der Waals surface area contributed by atoms with Crippen molar-refractivity contribution >= 4 is 34.1 Å². The van der Waals surface area contributed by atoms with Gasteiger partial charge in [-0.15, -0.1) is 0 Å².